The molecule has 0 aromatic heterocycles. The molecule has 3 aliphatic rings. The third kappa shape index (κ3) is 5.26. The molecule has 5 rings (SSSR count). The molecule has 2 aromatic carbocycles. The van der Waals surface area contributed by atoms with Crippen LogP contribution in [0.2, 0.25) is 0 Å². The number of benzene rings is 2. The van der Waals surface area contributed by atoms with Gasteiger partial charge in [0.1, 0.15) is 29.4 Å². The number of aliphatic hydroxyl groups is 3. The highest BCUT2D eigenvalue weighted by atomic mass is 16.5. The van der Waals surface area contributed by atoms with Crippen LogP contribution in [0.15, 0.2) is 53.0 Å². The number of carbonyl (C=O) groups excluding carboxylic acids is 5. The molecule has 0 saturated heterocycles. The van der Waals surface area contributed by atoms with E-state index in [4.69, 9.17) is 10.5 Å². The first kappa shape index (κ1) is 34.1. The van der Waals surface area contributed by atoms with Gasteiger partial charge in [0.25, 0.3) is 11.8 Å². The number of Topliss-reactive ketones (excluding diaryl/α,β-unsaturated/α-hetero) is 2. The van der Waals surface area contributed by atoms with Crippen LogP contribution >= 0.6 is 0 Å². The van der Waals surface area contributed by atoms with Crippen LogP contribution in [-0.4, -0.2) is 108 Å². The Morgan fingerprint density at radius 3 is 2.38 bits per heavy atom. The largest absolute Gasteiger partial charge is 0.510 e. The molecule has 0 fully saturated rings. The van der Waals surface area contributed by atoms with E-state index in [1.165, 1.54) is 17.0 Å². The molecule has 14 heteroatoms. The van der Waals surface area contributed by atoms with E-state index in [0.717, 1.165) is 0 Å². The monoisotopic (exact) mass is 662 g/mol. The first-order valence-electron chi connectivity index (χ1n) is 15.3. The lowest BCUT2D eigenvalue weighted by atomic mass is 9.58. The van der Waals surface area contributed by atoms with Crippen molar-refractivity contribution in [2.75, 3.05) is 46.2 Å². The van der Waals surface area contributed by atoms with Gasteiger partial charge < -0.3 is 41.1 Å². The second kappa shape index (κ2) is 12.4. The number of nitrogens with two attached hydrogens (primary N) is 1. The summed E-state index contributed by atoms with van der Waals surface area (Å²) in [5.41, 5.74) is 3.07. The van der Waals surface area contributed by atoms with Gasteiger partial charge in [0.15, 0.2) is 11.4 Å². The van der Waals surface area contributed by atoms with Crippen molar-refractivity contribution < 1.29 is 49.1 Å². The zero-order valence-corrected chi connectivity index (χ0v) is 27.2. The normalized spacial score (nSPS) is 23.4. The summed E-state index contributed by atoms with van der Waals surface area (Å²) in [4.78, 5) is 68.0. The summed E-state index contributed by atoms with van der Waals surface area (Å²) in [6, 6.07) is 6.76. The van der Waals surface area contributed by atoms with E-state index in [2.05, 4.69) is 5.32 Å². The fraction of sp³-hybridized carbons (Fsp3) is 0.382. The molecule has 14 nitrogen and oxygen atoms in total. The molecule has 0 radical (unpaired) electrons. The third-order valence-corrected chi connectivity index (χ3v) is 9.32. The summed E-state index contributed by atoms with van der Waals surface area (Å²) in [6.45, 7) is 1.46. The Bertz CT molecular complexity index is 1830. The summed E-state index contributed by atoms with van der Waals surface area (Å²) in [5.74, 6) is -8.55. The van der Waals surface area contributed by atoms with Crippen LogP contribution in [0.25, 0.3) is 11.1 Å². The number of esters is 1. The molecule has 0 bridgehead atoms. The Morgan fingerprint density at radius 2 is 1.77 bits per heavy atom. The highest BCUT2D eigenvalue weighted by Crippen LogP contribution is 2.54. The Balaban J connectivity index is 1.64. The molecule has 48 heavy (non-hydrogen) atoms. The molecule has 2 amide bonds. The van der Waals surface area contributed by atoms with E-state index in [1.807, 2.05) is 0 Å². The van der Waals surface area contributed by atoms with Crippen molar-refractivity contribution >= 4 is 35.0 Å². The second-order valence-electron chi connectivity index (χ2n) is 12.6. The van der Waals surface area contributed by atoms with E-state index in [9.17, 15) is 44.4 Å². The van der Waals surface area contributed by atoms with Gasteiger partial charge in [-0.1, -0.05) is 12.1 Å². The predicted molar refractivity (Wildman–Crippen MR) is 172 cm³/mol. The van der Waals surface area contributed by atoms with Crippen molar-refractivity contribution in [1.29, 1.82) is 0 Å². The van der Waals surface area contributed by atoms with Gasteiger partial charge in [0.2, 0.25) is 5.78 Å². The van der Waals surface area contributed by atoms with Crippen LogP contribution in [0.5, 0.6) is 5.75 Å². The number of nitrogens with one attached hydrogen (secondary N) is 1. The highest BCUT2D eigenvalue weighted by molar-refractivity contribution is 6.25. The number of phenols is 1. The SMILES string of the molecule is CCOC(=O)CNC(=O)c1cccc(-c2cc(N(C)C)c3c(c2O)C(=O)C2=C(O)C4(O)C(=O)C(C(N)=O)=C(O)C(N(C)C)C4CC2C3)c1. The van der Waals surface area contributed by atoms with Crippen molar-refractivity contribution in [2.45, 2.75) is 31.4 Å². The van der Waals surface area contributed by atoms with E-state index >= 15 is 0 Å². The smallest absolute Gasteiger partial charge is 0.325 e. The number of hydrogen-bond donors (Lipinski definition) is 6. The van der Waals surface area contributed by atoms with Crippen LogP contribution in [-0.2, 0) is 25.5 Å². The number of ketones is 2. The fourth-order valence-electron chi connectivity index (χ4n) is 7.21. The molecule has 0 heterocycles. The Hall–Kier alpha value is -5.21. The number of carbonyl (C=O) groups is 5. The standard InChI is InChI=1S/C34H38N4O10/c1-6-48-22(39)14-36-33(46)16-9-7-8-15(10-16)18-13-21(37(2)3)19-11-17-12-20-26(38(4)5)29(42)25(32(35)45)31(44)34(20,47)30(43)23(17)28(41)24(19)27(18)40/h7-10,13,17,20,26,40,42-43,47H,6,11-12,14H2,1-5H3,(H2,35,45)(H,36,46). The summed E-state index contributed by atoms with van der Waals surface area (Å²) < 4.78 is 4.84. The molecule has 4 unspecified atom stereocenters. The quantitative estimate of drug-likeness (QED) is 0.173. The minimum absolute atomic E-state index is 0.0376. The number of fused-ring (bicyclic) bond motifs is 3. The summed E-state index contributed by atoms with van der Waals surface area (Å²) in [7, 11) is 6.63. The van der Waals surface area contributed by atoms with Crippen LogP contribution in [0.4, 0.5) is 5.69 Å². The number of allylic oxidation sites excluding steroid dienone is 1. The maximum absolute atomic E-state index is 14.3. The number of rotatable bonds is 8. The molecule has 254 valence electrons. The third-order valence-electron chi connectivity index (χ3n) is 9.32. The van der Waals surface area contributed by atoms with Crippen LogP contribution in [0.3, 0.4) is 0 Å². The topological polar surface area (TPSA) is 220 Å². The van der Waals surface area contributed by atoms with Gasteiger partial charge >= 0.3 is 5.97 Å². The van der Waals surface area contributed by atoms with E-state index in [-0.39, 0.29) is 48.3 Å². The van der Waals surface area contributed by atoms with Crippen molar-refractivity contribution in [3.8, 4) is 16.9 Å². The number of phenolic OH excluding ortho intramolecular Hbond substituents is 1. The average molecular weight is 663 g/mol. The lowest BCUT2D eigenvalue weighted by Crippen LogP contribution is -2.63. The molecular formula is C34H38N4O10. The van der Waals surface area contributed by atoms with E-state index < -0.39 is 75.7 Å². The molecule has 2 aromatic rings. The maximum atomic E-state index is 14.3. The number of primary amides is 1. The van der Waals surface area contributed by atoms with Gasteiger partial charge in [-0.3, -0.25) is 28.9 Å². The molecule has 7 N–H and O–H groups in total. The number of amides is 2. The van der Waals surface area contributed by atoms with E-state index in [1.54, 1.807) is 58.2 Å². The predicted octanol–water partition coefficient (Wildman–Crippen LogP) is 1.15. The lowest BCUT2D eigenvalue weighted by Gasteiger charge is -2.50. The van der Waals surface area contributed by atoms with Gasteiger partial charge in [-0.25, -0.2) is 0 Å². The van der Waals surface area contributed by atoms with Crippen molar-refractivity contribution in [3.05, 3.63) is 69.7 Å². The number of nitrogens with zero attached hydrogens (tertiary/aromatic N) is 2. The average Bonchev–Trinajstić information content (AvgIpc) is 3.01. The minimum Gasteiger partial charge on any atom is -0.510 e. The Labute approximate surface area is 276 Å². The number of aliphatic hydroxyl groups excluding tert-OH is 2. The van der Waals surface area contributed by atoms with Crippen molar-refractivity contribution in [3.63, 3.8) is 0 Å². The lowest BCUT2D eigenvalue weighted by molar-refractivity contribution is -0.148. The van der Waals surface area contributed by atoms with Crippen LogP contribution < -0.4 is 16.0 Å². The first-order valence-corrected chi connectivity index (χ1v) is 15.3. The maximum Gasteiger partial charge on any atom is 0.325 e. The van der Waals surface area contributed by atoms with Gasteiger partial charge in [0.05, 0.1) is 18.2 Å². The number of ether oxygens (including phenoxy) is 1. The Kier molecular flexibility index (Phi) is 8.84. The van der Waals surface area contributed by atoms with Gasteiger partial charge in [0, 0.05) is 42.4 Å². The highest BCUT2D eigenvalue weighted by Gasteiger charge is 2.63. The van der Waals surface area contributed by atoms with Crippen molar-refractivity contribution in [2.24, 2.45) is 17.6 Å². The number of aromatic hydroxyl groups is 1. The summed E-state index contributed by atoms with van der Waals surface area (Å²) in [5, 5.41) is 48.6. The molecule has 0 spiro atoms. The fourth-order valence-corrected chi connectivity index (χ4v) is 7.21. The number of likely N-dealkylation sites (N-methyl/N-ethyl adjacent to an activating group) is 1. The molecule has 4 atom stereocenters. The minimum atomic E-state index is -2.76. The van der Waals surface area contributed by atoms with Gasteiger partial charge in [-0.05, 0) is 69.1 Å². The molecule has 0 saturated carbocycles. The second-order valence-corrected chi connectivity index (χ2v) is 12.6. The van der Waals surface area contributed by atoms with Gasteiger partial charge in [-0.15, -0.1) is 0 Å². The van der Waals surface area contributed by atoms with Crippen LogP contribution in [0, 0.1) is 11.8 Å². The number of anilines is 1. The number of hydrogen-bond acceptors (Lipinski definition) is 12. The van der Waals surface area contributed by atoms with Crippen molar-refractivity contribution in [1.82, 2.24) is 10.2 Å². The Morgan fingerprint density at radius 1 is 1.08 bits per heavy atom. The zero-order valence-electron chi connectivity index (χ0n) is 27.2. The molecule has 0 aliphatic heterocycles. The molecular weight excluding hydrogens is 624 g/mol. The zero-order chi connectivity index (χ0) is 35.4. The summed E-state index contributed by atoms with van der Waals surface area (Å²) in [6.07, 6.45) is 0.0797. The summed E-state index contributed by atoms with van der Waals surface area (Å²) >= 11 is 0. The van der Waals surface area contributed by atoms with E-state index in [0.29, 0.717) is 16.8 Å². The van der Waals surface area contributed by atoms with Crippen LogP contribution in [0.1, 0.15) is 39.6 Å². The molecule has 3 aliphatic carbocycles. The van der Waals surface area contributed by atoms with Gasteiger partial charge in [-0.2, -0.15) is 0 Å². The first-order chi connectivity index (χ1) is 22.6.